The second kappa shape index (κ2) is 16.6. The van der Waals surface area contributed by atoms with Crippen LogP contribution in [0.2, 0.25) is 0 Å². The molecule has 0 aliphatic carbocycles. The van der Waals surface area contributed by atoms with Gasteiger partial charge in [-0.3, -0.25) is 4.98 Å². The number of rotatable bonds is 10. The third-order valence-electron chi connectivity index (χ3n) is 8.30. The lowest BCUT2D eigenvalue weighted by Gasteiger charge is -2.15. The highest BCUT2D eigenvalue weighted by molar-refractivity contribution is 9.10. The van der Waals surface area contributed by atoms with Gasteiger partial charge in [0.25, 0.3) is 0 Å². The topological polar surface area (TPSA) is 216 Å². The molecule has 54 heavy (non-hydrogen) atoms. The maximum absolute atomic E-state index is 9.42. The maximum atomic E-state index is 9.42. The molecule has 0 saturated carbocycles. The first-order valence-electron chi connectivity index (χ1n) is 16.8. The van der Waals surface area contributed by atoms with Crippen LogP contribution in [0.15, 0.2) is 105 Å². The molecule has 0 aliphatic rings. The maximum Gasteiger partial charge on any atom is 0.189 e. The molecule has 0 radical (unpaired) electrons. The summed E-state index contributed by atoms with van der Waals surface area (Å²) in [4.78, 5) is 21.6. The number of hydrogen-bond acceptors (Lipinski definition) is 14. The van der Waals surface area contributed by atoms with Crippen molar-refractivity contribution in [1.82, 2.24) is 45.9 Å². The summed E-state index contributed by atoms with van der Waals surface area (Å²) in [5.74, 6) is 1.46. The predicted molar refractivity (Wildman–Crippen MR) is 210 cm³/mol. The Labute approximate surface area is 320 Å². The van der Waals surface area contributed by atoms with Gasteiger partial charge in [0.05, 0.1) is 35.3 Å². The minimum atomic E-state index is -0.720. The SMILES string of the molecule is CNCc1ccc(-c2cc(-c3nc(-c4ccnc(C(C)(C)C#N)c4)cnc3N)on2)cc1.CNCc1ccc(-c2cc(-c3nc(Br)cnc3N)on2)cc1. The molecule has 6 N–H and O–H groups in total. The molecule has 15 heteroatoms. The number of pyridine rings is 1. The van der Waals surface area contributed by atoms with E-state index in [-0.39, 0.29) is 5.82 Å². The van der Waals surface area contributed by atoms with E-state index in [0.717, 1.165) is 35.5 Å². The van der Waals surface area contributed by atoms with Gasteiger partial charge in [-0.05, 0) is 67.1 Å². The summed E-state index contributed by atoms with van der Waals surface area (Å²) in [6.07, 6.45) is 4.79. The van der Waals surface area contributed by atoms with Gasteiger partial charge in [-0.2, -0.15) is 5.26 Å². The summed E-state index contributed by atoms with van der Waals surface area (Å²) in [6.45, 7) is 5.27. The van der Waals surface area contributed by atoms with Gasteiger partial charge in [0.1, 0.15) is 16.0 Å². The van der Waals surface area contributed by atoms with Gasteiger partial charge in [0.15, 0.2) is 34.5 Å². The number of benzene rings is 2. The van der Waals surface area contributed by atoms with E-state index in [1.807, 2.05) is 88.6 Å². The van der Waals surface area contributed by atoms with E-state index >= 15 is 0 Å². The Balaban J connectivity index is 0.000000197. The molecule has 0 unspecified atom stereocenters. The van der Waals surface area contributed by atoms with E-state index in [4.69, 9.17) is 20.5 Å². The van der Waals surface area contributed by atoms with E-state index in [9.17, 15) is 5.26 Å². The zero-order valence-electron chi connectivity index (χ0n) is 30.0. The zero-order chi connectivity index (χ0) is 38.2. The molecule has 0 bridgehead atoms. The first-order valence-corrected chi connectivity index (χ1v) is 17.6. The molecule has 0 atom stereocenters. The number of halogens is 1. The molecule has 0 spiro atoms. The Hall–Kier alpha value is -6.34. The minimum Gasteiger partial charge on any atom is -0.382 e. The van der Waals surface area contributed by atoms with Crippen molar-refractivity contribution in [1.29, 1.82) is 5.26 Å². The van der Waals surface area contributed by atoms with Crippen LogP contribution in [0.5, 0.6) is 0 Å². The van der Waals surface area contributed by atoms with Gasteiger partial charge in [0.2, 0.25) is 0 Å². The van der Waals surface area contributed by atoms with Crippen molar-refractivity contribution in [3.05, 3.63) is 113 Å². The van der Waals surface area contributed by atoms with Crippen LogP contribution in [0.25, 0.3) is 56.7 Å². The van der Waals surface area contributed by atoms with E-state index in [1.54, 1.807) is 24.5 Å². The van der Waals surface area contributed by atoms with Crippen LogP contribution in [-0.2, 0) is 18.5 Å². The molecule has 7 aromatic rings. The molecular weight excluding hydrogens is 748 g/mol. The lowest BCUT2D eigenvalue weighted by atomic mass is 9.90. The molecule has 2 aromatic carbocycles. The highest BCUT2D eigenvalue weighted by Gasteiger charge is 2.23. The fourth-order valence-electron chi connectivity index (χ4n) is 5.31. The monoisotopic (exact) mass is 784 g/mol. The first kappa shape index (κ1) is 37.4. The van der Waals surface area contributed by atoms with Gasteiger partial charge in [-0.15, -0.1) is 0 Å². The number of nitriles is 1. The zero-order valence-corrected chi connectivity index (χ0v) is 31.6. The quantitative estimate of drug-likeness (QED) is 0.112. The number of nitrogen functional groups attached to an aromatic ring is 2. The summed E-state index contributed by atoms with van der Waals surface area (Å²) >= 11 is 3.27. The minimum absolute atomic E-state index is 0.243. The lowest BCUT2D eigenvalue weighted by Crippen LogP contribution is -2.15. The van der Waals surface area contributed by atoms with E-state index in [0.29, 0.717) is 50.4 Å². The molecule has 0 amide bonds. The number of aromatic nitrogens is 7. The third kappa shape index (κ3) is 8.64. The van der Waals surface area contributed by atoms with Crippen molar-refractivity contribution in [3.8, 4) is 62.7 Å². The summed E-state index contributed by atoms with van der Waals surface area (Å²) in [5, 5.41) is 23.9. The van der Waals surface area contributed by atoms with E-state index in [2.05, 4.69) is 67.9 Å². The number of nitrogens with one attached hydrogen (secondary N) is 2. The van der Waals surface area contributed by atoms with Gasteiger partial charge >= 0.3 is 0 Å². The lowest BCUT2D eigenvalue weighted by molar-refractivity contribution is 0.433. The highest BCUT2D eigenvalue weighted by atomic mass is 79.9. The number of nitrogens with zero attached hydrogens (tertiary/aromatic N) is 8. The number of nitrogens with two attached hydrogens (primary N) is 2. The fraction of sp³-hybridized carbons (Fsp3) is 0.179. The molecule has 272 valence electrons. The van der Waals surface area contributed by atoms with E-state index in [1.165, 1.54) is 17.3 Å². The van der Waals surface area contributed by atoms with Gasteiger partial charge in [-0.1, -0.05) is 58.8 Å². The molecular formula is C39H37BrN12O2. The van der Waals surface area contributed by atoms with Gasteiger partial charge in [0, 0.05) is 48.1 Å². The Kier molecular flexibility index (Phi) is 11.5. The normalized spacial score (nSPS) is 11.1. The molecule has 14 nitrogen and oxygen atoms in total. The highest BCUT2D eigenvalue weighted by Crippen LogP contribution is 2.32. The smallest absolute Gasteiger partial charge is 0.189 e. The van der Waals surface area contributed by atoms with Gasteiger partial charge < -0.3 is 31.1 Å². The average molecular weight is 786 g/mol. The van der Waals surface area contributed by atoms with Crippen molar-refractivity contribution < 1.29 is 9.05 Å². The molecule has 5 aromatic heterocycles. The van der Waals surface area contributed by atoms with Crippen LogP contribution in [-0.4, -0.2) is 49.3 Å². The van der Waals surface area contributed by atoms with Crippen molar-refractivity contribution >= 4 is 27.6 Å². The molecule has 5 heterocycles. The van der Waals surface area contributed by atoms with Crippen molar-refractivity contribution in [2.45, 2.75) is 32.4 Å². The summed E-state index contributed by atoms with van der Waals surface area (Å²) in [7, 11) is 3.83. The molecule has 0 fully saturated rings. The summed E-state index contributed by atoms with van der Waals surface area (Å²) in [5.41, 5.74) is 19.8. The van der Waals surface area contributed by atoms with E-state index < -0.39 is 5.41 Å². The van der Waals surface area contributed by atoms with Crippen LogP contribution < -0.4 is 22.1 Å². The van der Waals surface area contributed by atoms with Crippen LogP contribution in [0.1, 0.15) is 30.7 Å². The fourth-order valence-corrected chi connectivity index (χ4v) is 5.59. The van der Waals surface area contributed by atoms with Crippen LogP contribution in [0.3, 0.4) is 0 Å². The first-order chi connectivity index (χ1) is 26.1. The molecule has 7 rings (SSSR count). The van der Waals surface area contributed by atoms with Crippen molar-refractivity contribution in [2.24, 2.45) is 0 Å². The van der Waals surface area contributed by atoms with Crippen LogP contribution >= 0.6 is 15.9 Å². The third-order valence-corrected chi connectivity index (χ3v) is 8.68. The Morgan fingerprint density at radius 3 is 1.72 bits per heavy atom. The Morgan fingerprint density at radius 2 is 1.20 bits per heavy atom. The van der Waals surface area contributed by atoms with Gasteiger partial charge in [-0.25, -0.2) is 19.9 Å². The largest absolute Gasteiger partial charge is 0.382 e. The average Bonchev–Trinajstić information content (AvgIpc) is 3.89. The van der Waals surface area contributed by atoms with Crippen LogP contribution in [0, 0.1) is 11.3 Å². The summed E-state index contributed by atoms with van der Waals surface area (Å²) < 4.78 is 11.5. The second-order valence-electron chi connectivity index (χ2n) is 12.7. The Bertz CT molecular complexity index is 2400. The number of hydrogen-bond donors (Lipinski definition) is 4. The van der Waals surface area contributed by atoms with Crippen molar-refractivity contribution in [3.63, 3.8) is 0 Å². The molecule has 0 aliphatic heterocycles. The predicted octanol–water partition coefficient (Wildman–Crippen LogP) is 6.83. The Morgan fingerprint density at radius 1 is 0.685 bits per heavy atom. The standard InChI is InChI=1S/C24H23N7O.C15H14BrN5O/c1-24(2,14-25)21-10-17(8-9-28-21)19-13-29-23(26)22(30-19)20-11-18(31-32-20)16-6-4-15(5-7-16)12-27-3;1-18-7-9-2-4-10(5-3-9)11-6-12(22-21-11)14-15(17)19-8-13(16)20-14/h4-11,13,27H,12H2,1-3H3,(H2,26,29);2-6,8,18H,7H2,1H3,(H2,17,19). The molecule has 0 saturated heterocycles. The number of anilines is 2. The van der Waals surface area contributed by atoms with Crippen molar-refractivity contribution in [2.75, 3.05) is 25.6 Å². The van der Waals surface area contributed by atoms with Crippen LogP contribution in [0.4, 0.5) is 11.6 Å². The second-order valence-corrected chi connectivity index (χ2v) is 13.5. The summed E-state index contributed by atoms with van der Waals surface area (Å²) in [6, 6.07) is 25.7.